The van der Waals surface area contributed by atoms with E-state index in [9.17, 15) is 0 Å². The number of hydrogen-bond acceptors (Lipinski definition) is 6. The number of rotatable bonds is 2. The van der Waals surface area contributed by atoms with Gasteiger partial charge >= 0.3 is 0 Å². The third-order valence-corrected chi connectivity index (χ3v) is 5.92. The first-order chi connectivity index (χ1) is 13.3. The molecule has 6 rings (SSSR count). The zero-order valence-electron chi connectivity index (χ0n) is 15.2. The maximum atomic E-state index is 4.89. The third kappa shape index (κ3) is 2.53. The van der Waals surface area contributed by atoms with Crippen LogP contribution in [0.15, 0.2) is 6.20 Å². The molecule has 0 aliphatic carbocycles. The molecule has 0 amide bonds. The summed E-state index contributed by atoms with van der Waals surface area (Å²) in [5.74, 6) is 1.97. The smallest absolute Gasteiger partial charge is 0.203 e. The van der Waals surface area contributed by atoms with Gasteiger partial charge in [0.15, 0.2) is 0 Å². The summed E-state index contributed by atoms with van der Waals surface area (Å²) in [7, 11) is 0. The van der Waals surface area contributed by atoms with Crippen molar-refractivity contribution in [1.82, 2.24) is 35.5 Å². The fourth-order valence-corrected chi connectivity index (χ4v) is 4.36. The Kier molecular flexibility index (Phi) is 3.31. The van der Waals surface area contributed by atoms with Gasteiger partial charge in [-0.25, -0.2) is 9.97 Å². The number of anilines is 2. The molecule has 0 fully saturated rings. The van der Waals surface area contributed by atoms with E-state index in [-0.39, 0.29) is 0 Å². The SMILES string of the molecule is c1n[nH]c2c1CCN(c1nc3c([nH]1)CN(c1nc4c([nH]1)CCNC4)CC3)C2. The molecular formula is C18H23N9. The minimum absolute atomic E-state index is 0.825. The van der Waals surface area contributed by atoms with Crippen molar-refractivity contribution >= 4 is 11.9 Å². The van der Waals surface area contributed by atoms with Crippen molar-refractivity contribution in [1.29, 1.82) is 0 Å². The quantitative estimate of drug-likeness (QED) is 0.531. The van der Waals surface area contributed by atoms with E-state index in [2.05, 4.69) is 35.3 Å². The Hall–Kier alpha value is -2.81. The number of nitrogens with zero attached hydrogens (tertiary/aromatic N) is 5. The molecule has 3 aromatic heterocycles. The van der Waals surface area contributed by atoms with Crippen molar-refractivity contribution < 1.29 is 0 Å². The molecular weight excluding hydrogens is 342 g/mol. The van der Waals surface area contributed by atoms with Crippen molar-refractivity contribution in [2.45, 2.75) is 38.9 Å². The van der Waals surface area contributed by atoms with Gasteiger partial charge in [0.25, 0.3) is 0 Å². The zero-order chi connectivity index (χ0) is 17.8. The van der Waals surface area contributed by atoms with Crippen LogP contribution in [0.25, 0.3) is 0 Å². The highest BCUT2D eigenvalue weighted by atomic mass is 15.3. The van der Waals surface area contributed by atoms with Crippen LogP contribution in [0.2, 0.25) is 0 Å². The van der Waals surface area contributed by atoms with Crippen molar-refractivity contribution in [3.05, 3.63) is 40.2 Å². The van der Waals surface area contributed by atoms with Gasteiger partial charge in [-0.1, -0.05) is 0 Å². The Morgan fingerprint density at radius 1 is 0.815 bits per heavy atom. The summed E-state index contributed by atoms with van der Waals surface area (Å²) >= 11 is 0. The van der Waals surface area contributed by atoms with E-state index < -0.39 is 0 Å². The number of aromatic amines is 3. The van der Waals surface area contributed by atoms with Crippen molar-refractivity contribution in [2.24, 2.45) is 0 Å². The normalized spacial score (nSPS) is 19.0. The van der Waals surface area contributed by atoms with Crippen molar-refractivity contribution in [3.8, 4) is 0 Å². The third-order valence-electron chi connectivity index (χ3n) is 5.92. The van der Waals surface area contributed by atoms with E-state index in [1.54, 1.807) is 0 Å². The first-order valence-electron chi connectivity index (χ1n) is 9.71. The average molecular weight is 365 g/mol. The van der Waals surface area contributed by atoms with Gasteiger partial charge in [-0.15, -0.1) is 0 Å². The van der Waals surface area contributed by atoms with Crippen molar-refractivity contribution in [3.63, 3.8) is 0 Å². The summed E-state index contributed by atoms with van der Waals surface area (Å²) in [6.45, 7) is 5.47. The maximum absolute atomic E-state index is 4.89. The highest BCUT2D eigenvalue weighted by Crippen LogP contribution is 2.27. The lowest BCUT2D eigenvalue weighted by molar-refractivity contribution is 0.627. The van der Waals surface area contributed by atoms with Gasteiger partial charge in [0.2, 0.25) is 11.9 Å². The second kappa shape index (κ2) is 5.85. The van der Waals surface area contributed by atoms with Crippen LogP contribution in [-0.2, 0) is 38.9 Å². The Balaban J connectivity index is 1.23. The van der Waals surface area contributed by atoms with Crippen molar-refractivity contribution in [2.75, 3.05) is 29.4 Å². The number of fused-ring (bicyclic) bond motifs is 3. The van der Waals surface area contributed by atoms with Crippen LogP contribution in [0, 0.1) is 0 Å². The molecule has 9 nitrogen and oxygen atoms in total. The fourth-order valence-electron chi connectivity index (χ4n) is 4.36. The summed E-state index contributed by atoms with van der Waals surface area (Å²) in [4.78, 5) is 21.4. The Labute approximate surface area is 156 Å². The minimum Gasteiger partial charge on any atom is -0.336 e. The Bertz CT molecular complexity index is 958. The van der Waals surface area contributed by atoms with Crippen LogP contribution in [0.5, 0.6) is 0 Å². The van der Waals surface area contributed by atoms with E-state index in [1.165, 1.54) is 28.3 Å². The molecule has 140 valence electrons. The largest absolute Gasteiger partial charge is 0.336 e. The van der Waals surface area contributed by atoms with Gasteiger partial charge in [-0.05, 0) is 12.0 Å². The molecule has 6 heterocycles. The molecule has 0 radical (unpaired) electrons. The summed E-state index contributed by atoms with van der Waals surface area (Å²) in [6, 6.07) is 0. The van der Waals surface area contributed by atoms with Gasteiger partial charge in [-0.2, -0.15) is 5.10 Å². The molecule has 3 aliphatic rings. The first kappa shape index (κ1) is 15.3. The van der Waals surface area contributed by atoms with E-state index in [4.69, 9.17) is 9.97 Å². The topological polar surface area (TPSA) is 105 Å². The maximum Gasteiger partial charge on any atom is 0.203 e. The standard InChI is InChI=1S/C18H23N9/c1-4-19-8-14-12(1)21-17(23-14)27-6-3-13-16(10-27)24-18(22-13)26-5-2-11-7-20-25-15(11)9-26/h7,19H,1-6,8-10H2,(H,20,25)(H,21,23)(H,22,24). The van der Waals surface area contributed by atoms with E-state index in [0.717, 1.165) is 76.1 Å². The lowest BCUT2D eigenvalue weighted by Gasteiger charge is -2.26. The fraction of sp³-hybridized carbons (Fsp3) is 0.500. The second-order valence-electron chi connectivity index (χ2n) is 7.61. The molecule has 0 saturated heterocycles. The lowest BCUT2D eigenvalue weighted by atomic mass is 10.1. The number of hydrogen-bond donors (Lipinski definition) is 4. The molecule has 0 unspecified atom stereocenters. The molecule has 0 atom stereocenters. The van der Waals surface area contributed by atoms with E-state index in [1.807, 2.05) is 6.20 Å². The molecule has 9 heteroatoms. The number of nitrogens with one attached hydrogen (secondary N) is 4. The van der Waals surface area contributed by atoms with E-state index >= 15 is 0 Å². The summed E-state index contributed by atoms with van der Waals surface area (Å²) in [5, 5.41) is 10.7. The molecule has 27 heavy (non-hydrogen) atoms. The lowest BCUT2D eigenvalue weighted by Crippen LogP contribution is -2.31. The van der Waals surface area contributed by atoms with Crippen LogP contribution in [-0.4, -0.2) is 49.8 Å². The molecule has 0 spiro atoms. The molecule has 3 aromatic rings. The minimum atomic E-state index is 0.825. The van der Waals surface area contributed by atoms with Gasteiger partial charge in [0, 0.05) is 44.7 Å². The van der Waals surface area contributed by atoms with Crippen LogP contribution in [0.1, 0.15) is 34.0 Å². The number of H-pyrrole nitrogens is 3. The zero-order valence-corrected chi connectivity index (χ0v) is 15.2. The predicted molar refractivity (Wildman–Crippen MR) is 101 cm³/mol. The van der Waals surface area contributed by atoms with Gasteiger partial charge in [0.1, 0.15) is 0 Å². The average Bonchev–Trinajstić information content (AvgIpc) is 3.42. The molecule has 0 aromatic carbocycles. The first-order valence-corrected chi connectivity index (χ1v) is 9.71. The predicted octanol–water partition coefficient (Wildman–Crippen LogP) is 0.627. The van der Waals surface area contributed by atoms with Crippen LogP contribution >= 0.6 is 0 Å². The summed E-state index contributed by atoms with van der Waals surface area (Å²) in [6.07, 6.45) is 4.92. The monoisotopic (exact) mass is 365 g/mol. The van der Waals surface area contributed by atoms with Gasteiger partial charge < -0.3 is 25.1 Å². The Morgan fingerprint density at radius 2 is 1.59 bits per heavy atom. The highest BCUT2D eigenvalue weighted by Gasteiger charge is 2.26. The van der Waals surface area contributed by atoms with Crippen LogP contribution in [0.4, 0.5) is 11.9 Å². The molecule has 3 aliphatic heterocycles. The number of aromatic nitrogens is 6. The number of imidazole rings is 2. The summed E-state index contributed by atoms with van der Waals surface area (Å²) < 4.78 is 0. The molecule has 0 bridgehead atoms. The van der Waals surface area contributed by atoms with Crippen LogP contribution in [0.3, 0.4) is 0 Å². The van der Waals surface area contributed by atoms with E-state index in [0.29, 0.717) is 0 Å². The van der Waals surface area contributed by atoms with Crippen LogP contribution < -0.4 is 15.1 Å². The Morgan fingerprint density at radius 3 is 2.48 bits per heavy atom. The highest BCUT2D eigenvalue weighted by molar-refractivity contribution is 5.44. The molecule has 0 saturated carbocycles. The van der Waals surface area contributed by atoms with Gasteiger partial charge in [0.05, 0.1) is 42.1 Å². The molecule has 4 N–H and O–H groups in total. The van der Waals surface area contributed by atoms with Gasteiger partial charge in [-0.3, -0.25) is 5.10 Å². The second-order valence-corrected chi connectivity index (χ2v) is 7.61. The summed E-state index contributed by atoms with van der Waals surface area (Å²) in [5.41, 5.74) is 7.37.